The molecule has 0 spiro atoms. The molecule has 2 rings (SSSR count). The molecule has 1 aliphatic rings. The van der Waals surface area contributed by atoms with Crippen LogP contribution in [0.2, 0.25) is 0 Å². The molecule has 0 amide bonds. The van der Waals surface area contributed by atoms with Crippen molar-refractivity contribution in [2.75, 3.05) is 6.54 Å². The van der Waals surface area contributed by atoms with Crippen LogP contribution in [0.1, 0.15) is 75.5 Å². The lowest BCUT2D eigenvalue weighted by Crippen LogP contribution is -2.40. The summed E-state index contributed by atoms with van der Waals surface area (Å²) in [6, 6.07) is 7.04. The second-order valence-corrected chi connectivity index (χ2v) is 8.00. The zero-order valence-corrected chi connectivity index (χ0v) is 14.6. The van der Waals surface area contributed by atoms with Gasteiger partial charge in [-0.25, -0.2) is 0 Å². The third-order valence-corrected chi connectivity index (χ3v) is 4.88. The van der Waals surface area contributed by atoms with Gasteiger partial charge in [-0.1, -0.05) is 43.0 Å². The zero-order valence-electron chi connectivity index (χ0n) is 14.6. The van der Waals surface area contributed by atoms with E-state index in [1.54, 1.807) is 5.56 Å². The highest BCUT2D eigenvalue weighted by atomic mass is 14.9. The number of hydrogen-bond donors (Lipinski definition) is 1. The first-order valence-corrected chi connectivity index (χ1v) is 8.69. The summed E-state index contributed by atoms with van der Waals surface area (Å²) in [5, 5.41) is 3.75. The van der Waals surface area contributed by atoms with E-state index >= 15 is 0 Å². The summed E-state index contributed by atoms with van der Waals surface area (Å²) in [6.45, 7) is 12.5. The van der Waals surface area contributed by atoms with Crippen LogP contribution in [0.15, 0.2) is 18.2 Å². The van der Waals surface area contributed by atoms with Crippen molar-refractivity contribution in [3.05, 3.63) is 34.9 Å². The number of nitrogens with one attached hydrogen (secondary N) is 1. The Hall–Kier alpha value is -0.820. The molecule has 2 atom stereocenters. The molecular weight excluding hydrogens is 254 g/mol. The van der Waals surface area contributed by atoms with Crippen molar-refractivity contribution in [1.29, 1.82) is 0 Å². The van der Waals surface area contributed by atoms with E-state index in [0.29, 0.717) is 0 Å². The fourth-order valence-electron chi connectivity index (χ4n) is 3.72. The molecule has 118 valence electrons. The zero-order chi connectivity index (χ0) is 15.5. The molecule has 1 aliphatic carbocycles. The third kappa shape index (κ3) is 4.85. The SMILES string of the molecule is Cc1ccc(C2CCCCCC2CNC(C)(C)C)c(C)c1. The van der Waals surface area contributed by atoms with Crippen LogP contribution in [0.25, 0.3) is 0 Å². The summed E-state index contributed by atoms with van der Waals surface area (Å²) < 4.78 is 0. The maximum atomic E-state index is 3.75. The molecule has 1 aromatic carbocycles. The highest BCUT2D eigenvalue weighted by Crippen LogP contribution is 2.38. The minimum absolute atomic E-state index is 0.221. The minimum Gasteiger partial charge on any atom is -0.312 e. The number of benzene rings is 1. The van der Waals surface area contributed by atoms with Crippen LogP contribution in [0.4, 0.5) is 0 Å². The van der Waals surface area contributed by atoms with E-state index in [-0.39, 0.29) is 5.54 Å². The van der Waals surface area contributed by atoms with Crippen molar-refractivity contribution < 1.29 is 0 Å². The van der Waals surface area contributed by atoms with E-state index in [1.165, 1.54) is 43.2 Å². The maximum absolute atomic E-state index is 3.75. The standard InChI is InChI=1S/C20H33N/c1-15-11-12-18(16(2)13-15)19-10-8-6-7-9-17(19)14-21-20(3,4)5/h11-13,17,19,21H,6-10,14H2,1-5H3. The Morgan fingerprint density at radius 1 is 1.05 bits per heavy atom. The summed E-state index contributed by atoms with van der Waals surface area (Å²) in [7, 11) is 0. The van der Waals surface area contributed by atoms with Crippen LogP contribution < -0.4 is 5.32 Å². The van der Waals surface area contributed by atoms with Crippen LogP contribution in [0, 0.1) is 19.8 Å². The lowest BCUT2D eigenvalue weighted by molar-refractivity contribution is 0.321. The van der Waals surface area contributed by atoms with Gasteiger partial charge in [-0.3, -0.25) is 0 Å². The number of hydrogen-bond acceptors (Lipinski definition) is 1. The smallest absolute Gasteiger partial charge is 0.00966 e. The molecule has 0 aliphatic heterocycles. The van der Waals surface area contributed by atoms with Crippen LogP contribution in [0.5, 0.6) is 0 Å². The van der Waals surface area contributed by atoms with Gasteiger partial charge >= 0.3 is 0 Å². The largest absolute Gasteiger partial charge is 0.312 e. The maximum Gasteiger partial charge on any atom is 0.00966 e. The molecule has 1 nitrogen and oxygen atoms in total. The highest BCUT2D eigenvalue weighted by molar-refractivity contribution is 5.33. The van der Waals surface area contributed by atoms with E-state index in [9.17, 15) is 0 Å². The average Bonchev–Trinajstić information content (AvgIpc) is 2.61. The average molecular weight is 287 g/mol. The predicted molar refractivity (Wildman–Crippen MR) is 93.0 cm³/mol. The Balaban J connectivity index is 2.18. The van der Waals surface area contributed by atoms with Crippen molar-refractivity contribution in [3.8, 4) is 0 Å². The molecule has 1 fully saturated rings. The minimum atomic E-state index is 0.221. The van der Waals surface area contributed by atoms with Gasteiger partial charge in [0.15, 0.2) is 0 Å². The molecule has 1 N–H and O–H groups in total. The van der Waals surface area contributed by atoms with Crippen molar-refractivity contribution in [2.24, 2.45) is 5.92 Å². The first-order chi connectivity index (χ1) is 9.87. The lowest BCUT2D eigenvalue weighted by atomic mass is 9.80. The second-order valence-electron chi connectivity index (χ2n) is 8.00. The van der Waals surface area contributed by atoms with Crippen LogP contribution in [-0.2, 0) is 0 Å². The van der Waals surface area contributed by atoms with Crippen LogP contribution in [0.3, 0.4) is 0 Å². The van der Waals surface area contributed by atoms with E-state index in [2.05, 4.69) is 58.1 Å². The highest BCUT2D eigenvalue weighted by Gasteiger charge is 2.27. The van der Waals surface area contributed by atoms with Gasteiger partial charge in [0.05, 0.1) is 0 Å². The van der Waals surface area contributed by atoms with Gasteiger partial charge in [0.2, 0.25) is 0 Å². The van der Waals surface area contributed by atoms with Crippen LogP contribution in [-0.4, -0.2) is 12.1 Å². The summed E-state index contributed by atoms with van der Waals surface area (Å²) >= 11 is 0. The normalized spacial score (nSPS) is 23.9. The Kier molecular flexibility index (Phi) is 5.48. The molecule has 0 bridgehead atoms. The summed E-state index contributed by atoms with van der Waals surface area (Å²) in [6.07, 6.45) is 6.94. The second kappa shape index (κ2) is 6.96. The van der Waals surface area contributed by atoms with Gasteiger partial charge in [0.1, 0.15) is 0 Å². The molecule has 21 heavy (non-hydrogen) atoms. The van der Waals surface area contributed by atoms with Gasteiger partial charge in [-0.15, -0.1) is 0 Å². The van der Waals surface area contributed by atoms with E-state index in [4.69, 9.17) is 0 Å². The monoisotopic (exact) mass is 287 g/mol. The quantitative estimate of drug-likeness (QED) is 0.738. The number of aryl methyl sites for hydroxylation is 2. The fraction of sp³-hybridized carbons (Fsp3) is 0.700. The van der Waals surface area contributed by atoms with E-state index < -0.39 is 0 Å². The molecule has 2 unspecified atom stereocenters. The Morgan fingerprint density at radius 2 is 1.76 bits per heavy atom. The molecular formula is C20H33N. The molecule has 0 saturated heterocycles. The lowest BCUT2D eigenvalue weighted by Gasteiger charge is -2.31. The summed E-state index contributed by atoms with van der Waals surface area (Å²) in [5.41, 5.74) is 4.69. The first kappa shape index (κ1) is 16.5. The van der Waals surface area contributed by atoms with E-state index in [1.807, 2.05) is 0 Å². The molecule has 0 heterocycles. The fourth-order valence-corrected chi connectivity index (χ4v) is 3.72. The molecule has 1 heteroatoms. The van der Waals surface area contributed by atoms with Gasteiger partial charge in [0.25, 0.3) is 0 Å². The predicted octanol–water partition coefficient (Wildman–Crippen LogP) is 5.36. The van der Waals surface area contributed by atoms with Gasteiger partial charge in [-0.05, 0) is 77.0 Å². The van der Waals surface area contributed by atoms with Crippen LogP contribution >= 0.6 is 0 Å². The molecule has 1 aromatic rings. The first-order valence-electron chi connectivity index (χ1n) is 8.69. The van der Waals surface area contributed by atoms with Crippen molar-refractivity contribution in [1.82, 2.24) is 5.32 Å². The Morgan fingerprint density at radius 3 is 2.43 bits per heavy atom. The van der Waals surface area contributed by atoms with Gasteiger partial charge < -0.3 is 5.32 Å². The van der Waals surface area contributed by atoms with Gasteiger partial charge in [0, 0.05) is 5.54 Å². The molecule has 0 radical (unpaired) electrons. The Bertz CT molecular complexity index is 455. The topological polar surface area (TPSA) is 12.0 Å². The summed E-state index contributed by atoms with van der Waals surface area (Å²) in [5.74, 6) is 1.52. The van der Waals surface area contributed by atoms with Crippen molar-refractivity contribution >= 4 is 0 Å². The van der Waals surface area contributed by atoms with Crippen molar-refractivity contribution in [3.63, 3.8) is 0 Å². The molecule has 0 aromatic heterocycles. The van der Waals surface area contributed by atoms with Crippen molar-refractivity contribution in [2.45, 2.75) is 78.2 Å². The summed E-state index contributed by atoms with van der Waals surface area (Å²) in [4.78, 5) is 0. The van der Waals surface area contributed by atoms with Gasteiger partial charge in [-0.2, -0.15) is 0 Å². The number of rotatable bonds is 3. The third-order valence-electron chi connectivity index (χ3n) is 4.88. The van der Waals surface area contributed by atoms with E-state index in [0.717, 1.165) is 18.4 Å². The molecule has 1 saturated carbocycles. The Labute approximate surface area is 131 Å².